The highest BCUT2D eigenvalue weighted by Crippen LogP contribution is 2.19. The number of carbonyl (C=O) groups excluding carboxylic acids is 1. The Morgan fingerprint density at radius 3 is 2.29 bits per heavy atom. The molecule has 0 bridgehead atoms. The van der Waals surface area contributed by atoms with Gasteiger partial charge in [0, 0.05) is 6.42 Å². The van der Waals surface area contributed by atoms with E-state index in [2.05, 4.69) is 5.73 Å². The lowest BCUT2D eigenvalue weighted by Gasteiger charge is -2.11. The van der Waals surface area contributed by atoms with Gasteiger partial charge < -0.3 is 5.73 Å². The first-order valence-corrected chi connectivity index (χ1v) is 4.15. The van der Waals surface area contributed by atoms with Gasteiger partial charge in [-0.25, -0.2) is 0 Å². The maximum absolute atomic E-state index is 12.9. The Labute approximate surface area is 80.7 Å². The Bertz CT molecular complexity index is 332. The number of alkyl halides is 2. The van der Waals surface area contributed by atoms with E-state index in [-0.39, 0.29) is 0 Å². The van der Waals surface area contributed by atoms with E-state index in [1.54, 1.807) is 24.3 Å². The predicted octanol–water partition coefficient (Wildman–Crippen LogP) is 1.66. The van der Waals surface area contributed by atoms with Gasteiger partial charge in [0.15, 0.2) is 0 Å². The van der Waals surface area contributed by atoms with Gasteiger partial charge in [-0.15, -0.1) is 0 Å². The standard InChI is InChI=1S/C10H11F2NO/c1-7-2-4-8(5-3-7)6-10(11,12)9(13)14/h2-5H,6H2,1H3,(H2,13,14). The molecule has 1 aromatic carbocycles. The van der Waals surface area contributed by atoms with Gasteiger partial charge in [-0.2, -0.15) is 8.78 Å². The first-order valence-electron chi connectivity index (χ1n) is 4.15. The Hall–Kier alpha value is -1.45. The summed E-state index contributed by atoms with van der Waals surface area (Å²) >= 11 is 0. The van der Waals surface area contributed by atoms with Gasteiger partial charge in [-0.1, -0.05) is 29.8 Å². The van der Waals surface area contributed by atoms with E-state index in [9.17, 15) is 13.6 Å². The van der Waals surface area contributed by atoms with E-state index < -0.39 is 18.3 Å². The molecule has 1 amide bonds. The minimum Gasteiger partial charge on any atom is -0.364 e. The van der Waals surface area contributed by atoms with Crippen molar-refractivity contribution in [2.45, 2.75) is 19.3 Å². The molecule has 0 aliphatic carbocycles. The van der Waals surface area contributed by atoms with E-state index in [4.69, 9.17) is 0 Å². The van der Waals surface area contributed by atoms with Crippen molar-refractivity contribution >= 4 is 5.91 Å². The number of hydrogen-bond acceptors (Lipinski definition) is 1. The molecule has 0 fully saturated rings. The summed E-state index contributed by atoms with van der Waals surface area (Å²) in [5.74, 6) is -5.05. The van der Waals surface area contributed by atoms with Crippen LogP contribution >= 0.6 is 0 Å². The molecular weight excluding hydrogens is 188 g/mol. The lowest BCUT2D eigenvalue weighted by Crippen LogP contribution is -2.37. The molecule has 1 aromatic rings. The van der Waals surface area contributed by atoms with Crippen LogP contribution in [-0.4, -0.2) is 11.8 Å². The van der Waals surface area contributed by atoms with Gasteiger partial charge in [0.25, 0.3) is 5.91 Å². The zero-order chi connectivity index (χ0) is 10.8. The molecule has 0 atom stereocenters. The van der Waals surface area contributed by atoms with Crippen molar-refractivity contribution in [1.82, 2.24) is 0 Å². The fourth-order valence-electron chi connectivity index (χ4n) is 1.05. The van der Waals surface area contributed by atoms with Crippen LogP contribution in [0.2, 0.25) is 0 Å². The third-order valence-electron chi connectivity index (χ3n) is 1.91. The number of hydrogen-bond donors (Lipinski definition) is 1. The maximum Gasteiger partial charge on any atom is 0.328 e. The number of nitrogens with two attached hydrogens (primary N) is 1. The van der Waals surface area contributed by atoms with E-state index in [0.717, 1.165) is 5.56 Å². The summed E-state index contributed by atoms with van der Waals surface area (Å²) in [5.41, 5.74) is 5.94. The number of amides is 1. The van der Waals surface area contributed by atoms with Gasteiger partial charge >= 0.3 is 5.92 Å². The predicted molar refractivity (Wildman–Crippen MR) is 49.0 cm³/mol. The van der Waals surface area contributed by atoms with Crippen molar-refractivity contribution in [3.63, 3.8) is 0 Å². The van der Waals surface area contributed by atoms with Crippen LogP contribution in [0.5, 0.6) is 0 Å². The smallest absolute Gasteiger partial charge is 0.328 e. The Kier molecular flexibility index (Phi) is 2.84. The van der Waals surface area contributed by atoms with Crippen LogP contribution < -0.4 is 5.73 Å². The van der Waals surface area contributed by atoms with Crippen LogP contribution in [0.15, 0.2) is 24.3 Å². The highest BCUT2D eigenvalue weighted by Gasteiger charge is 2.36. The third kappa shape index (κ3) is 2.52. The number of rotatable bonds is 3. The Balaban J connectivity index is 2.79. The summed E-state index contributed by atoms with van der Waals surface area (Å²) in [6.45, 7) is 1.86. The van der Waals surface area contributed by atoms with Crippen LogP contribution in [0.25, 0.3) is 0 Å². The van der Waals surface area contributed by atoms with E-state index in [1.807, 2.05) is 6.92 Å². The summed E-state index contributed by atoms with van der Waals surface area (Å²) in [5, 5.41) is 0. The third-order valence-corrected chi connectivity index (χ3v) is 1.91. The molecule has 76 valence electrons. The van der Waals surface area contributed by atoms with Gasteiger partial charge in [-0.3, -0.25) is 4.79 Å². The Morgan fingerprint density at radius 1 is 1.36 bits per heavy atom. The molecule has 0 unspecified atom stereocenters. The van der Waals surface area contributed by atoms with Gasteiger partial charge in [-0.05, 0) is 12.5 Å². The average molecular weight is 199 g/mol. The molecule has 0 aromatic heterocycles. The molecule has 2 N–H and O–H groups in total. The van der Waals surface area contributed by atoms with Crippen molar-refractivity contribution in [3.8, 4) is 0 Å². The molecule has 0 aliphatic rings. The molecule has 2 nitrogen and oxygen atoms in total. The number of primary amides is 1. The van der Waals surface area contributed by atoms with Crippen molar-refractivity contribution in [3.05, 3.63) is 35.4 Å². The number of halogens is 2. The molecule has 1 rings (SSSR count). The van der Waals surface area contributed by atoms with Crippen molar-refractivity contribution < 1.29 is 13.6 Å². The molecular formula is C10H11F2NO. The molecule has 0 heterocycles. The monoisotopic (exact) mass is 199 g/mol. The zero-order valence-electron chi connectivity index (χ0n) is 7.76. The average Bonchev–Trinajstić information content (AvgIpc) is 2.08. The van der Waals surface area contributed by atoms with Crippen molar-refractivity contribution in [1.29, 1.82) is 0 Å². The first kappa shape index (κ1) is 10.6. The van der Waals surface area contributed by atoms with Crippen LogP contribution in [0.1, 0.15) is 11.1 Å². The van der Waals surface area contributed by atoms with Crippen LogP contribution in [0.3, 0.4) is 0 Å². The SMILES string of the molecule is Cc1ccc(CC(F)(F)C(N)=O)cc1. The summed E-state index contributed by atoms with van der Waals surface area (Å²) in [4.78, 5) is 10.4. The van der Waals surface area contributed by atoms with Gasteiger partial charge in [0.1, 0.15) is 0 Å². The molecule has 0 saturated heterocycles. The fraction of sp³-hybridized carbons (Fsp3) is 0.300. The van der Waals surface area contributed by atoms with Crippen LogP contribution in [0, 0.1) is 6.92 Å². The summed E-state index contributed by atoms with van der Waals surface area (Å²) in [6, 6.07) is 6.55. The number of aryl methyl sites for hydroxylation is 1. The molecule has 0 radical (unpaired) electrons. The lowest BCUT2D eigenvalue weighted by atomic mass is 10.1. The second kappa shape index (κ2) is 3.74. The summed E-state index contributed by atoms with van der Waals surface area (Å²) in [6.07, 6.45) is -0.636. The molecule has 0 saturated carbocycles. The normalized spacial score (nSPS) is 11.4. The van der Waals surface area contributed by atoms with E-state index >= 15 is 0 Å². The van der Waals surface area contributed by atoms with Crippen molar-refractivity contribution in [2.24, 2.45) is 5.73 Å². The lowest BCUT2D eigenvalue weighted by molar-refractivity contribution is -0.141. The Morgan fingerprint density at radius 2 is 1.86 bits per heavy atom. The second-order valence-electron chi connectivity index (χ2n) is 3.23. The van der Waals surface area contributed by atoms with Crippen LogP contribution in [-0.2, 0) is 11.2 Å². The zero-order valence-corrected chi connectivity index (χ0v) is 7.76. The van der Waals surface area contributed by atoms with Gasteiger partial charge in [0.05, 0.1) is 0 Å². The van der Waals surface area contributed by atoms with Gasteiger partial charge in [0.2, 0.25) is 0 Å². The quantitative estimate of drug-likeness (QED) is 0.790. The number of carbonyl (C=O) groups is 1. The number of benzene rings is 1. The van der Waals surface area contributed by atoms with Crippen LogP contribution in [0.4, 0.5) is 8.78 Å². The summed E-state index contributed by atoms with van der Waals surface area (Å²) in [7, 11) is 0. The summed E-state index contributed by atoms with van der Waals surface area (Å²) < 4.78 is 25.7. The van der Waals surface area contributed by atoms with E-state index in [1.165, 1.54) is 0 Å². The second-order valence-corrected chi connectivity index (χ2v) is 3.23. The molecule has 0 spiro atoms. The molecule has 0 aliphatic heterocycles. The first-order chi connectivity index (χ1) is 6.42. The maximum atomic E-state index is 12.9. The highest BCUT2D eigenvalue weighted by molar-refractivity contribution is 5.81. The minimum atomic E-state index is -3.46. The minimum absolute atomic E-state index is 0.402. The van der Waals surface area contributed by atoms with E-state index in [0.29, 0.717) is 5.56 Å². The van der Waals surface area contributed by atoms with Crippen molar-refractivity contribution in [2.75, 3.05) is 0 Å². The molecule has 14 heavy (non-hydrogen) atoms. The largest absolute Gasteiger partial charge is 0.364 e. The fourth-order valence-corrected chi connectivity index (χ4v) is 1.05. The highest BCUT2D eigenvalue weighted by atomic mass is 19.3. The molecule has 4 heteroatoms. The topological polar surface area (TPSA) is 43.1 Å².